The van der Waals surface area contributed by atoms with Crippen LogP contribution in [0.15, 0.2) is 12.1 Å². The van der Waals surface area contributed by atoms with Gasteiger partial charge in [0.15, 0.2) is 0 Å². The maximum atomic E-state index is 13.1. The summed E-state index contributed by atoms with van der Waals surface area (Å²) < 4.78 is 18.2. The molecule has 1 rings (SSSR count). The van der Waals surface area contributed by atoms with Gasteiger partial charge in [0.1, 0.15) is 11.6 Å². The monoisotopic (exact) mass is 204 g/mol. The standard InChI is InChI=1S/C11H9FN2O/c1-15-11-8(2-4-13)6-10(12)7-9(11)3-5-14/h6-7H,2-3H2,1H3. The third-order valence-corrected chi connectivity index (χ3v) is 1.95. The van der Waals surface area contributed by atoms with Crippen molar-refractivity contribution in [1.29, 1.82) is 10.5 Å². The molecule has 0 unspecified atom stereocenters. The molecule has 0 N–H and O–H groups in total. The van der Waals surface area contributed by atoms with Gasteiger partial charge in [0.05, 0.1) is 32.1 Å². The summed E-state index contributed by atoms with van der Waals surface area (Å²) in [5.41, 5.74) is 0.954. The van der Waals surface area contributed by atoms with Crippen LogP contribution in [0.25, 0.3) is 0 Å². The number of rotatable bonds is 3. The maximum Gasteiger partial charge on any atom is 0.127 e. The van der Waals surface area contributed by atoms with E-state index in [-0.39, 0.29) is 12.8 Å². The predicted octanol–water partition coefficient (Wildman–Crippen LogP) is 1.97. The second-order valence-electron chi connectivity index (χ2n) is 2.93. The highest BCUT2D eigenvalue weighted by molar-refractivity contribution is 5.44. The molecule has 0 fully saturated rings. The number of benzene rings is 1. The average molecular weight is 204 g/mol. The Balaban J connectivity index is 3.27. The number of nitrogens with zero attached hydrogens (tertiary/aromatic N) is 2. The Morgan fingerprint density at radius 1 is 1.20 bits per heavy atom. The molecule has 0 amide bonds. The molecule has 0 saturated carbocycles. The molecule has 0 spiro atoms. The summed E-state index contributed by atoms with van der Waals surface area (Å²) in [6, 6.07) is 6.36. The third kappa shape index (κ3) is 2.45. The first-order valence-corrected chi connectivity index (χ1v) is 4.32. The first-order valence-electron chi connectivity index (χ1n) is 4.32. The van der Waals surface area contributed by atoms with E-state index in [1.165, 1.54) is 19.2 Å². The summed E-state index contributed by atoms with van der Waals surface area (Å²) in [4.78, 5) is 0. The van der Waals surface area contributed by atoms with Gasteiger partial charge < -0.3 is 4.74 Å². The van der Waals surface area contributed by atoms with Crippen molar-refractivity contribution in [2.75, 3.05) is 7.11 Å². The number of hydrogen-bond acceptors (Lipinski definition) is 3. The number of ether oxygens (including phenoxy) is 1. The fourth-order valence-electron chi connectivity index (χ4n) is 1.41. The minimum Gasteiger partial charge on any atom is -0.496 e. The molecule has 15 heavy (non-hydrogen) atoms. The zero-order chi connectivity index (χ0) is 11.3. The van der Waals surface area contributed by atoms with Crippen molar-refractivity contribution in [3.05, 3.63) is 29.1 Å². The second kappa shape index (κ2) is 4.97. The summed E-state index contributed by atoms with van der Waals surface area (Å²) in [5.74, 6) is -0.0224. The van der Waals surface area contributed by atoms with Gasteiger partial charge in [0.2, 0.25) is 0 Å². The lowest BCUT2D eigenvalue weighted by atomic mass is 10.0. The minimum atomic E-state index is -0.452. The van der Waals surface area contributed by atoms with Gasteiger partial charge in [0.25, 0.3) is 0 Å². The van der Waals surface area contributed by atoms with E-state index in [4.69, 9.17) is 15.3 Å². The molecule has 76 valence electrons. The fraction of sp³-hybridized carbons (Fsp3) is 0.273. The predicted molar refractivity (Wildman–Crippen MR) is 51.6 cm³/mol. The molecule has 4 heteroatoms. The average Bonchev–Trinajstić information content (AvgIpc) is 2.18. The lowest BCUT2D eigenvalue weighted by molar-refractivity contribution is 0.405. The molecule has 0 saturated heterocycles. The molecule has 3 nitrogen and oxygen atoms in total. The fourth-order valence-corrected chi connectivity index (χ4v) is 1.41. The molecular weight excluding hydrogens is 195 g/mol. The van der Waals surface area contributed by atoms with Gasteiger partial charge in [-0.1, -0.05) is 0 Å². The molecular formula is C11H9FN2O. The van der Waals surface area contributed by atoms with Crippen LogP contribution in [0.3, 0.4) is 0 Å². The molecule has 0 heterocycles. The molecule has 1 aromatic carbocycles. The lowest BCUT2D eigenvalue weighted by Gasteiger charge is -2.10. The number of nitriles is 2. The van der Waals surface area contributed by atoms with Crippen LogP contribution in [-0.2, 0) is 12.8 Å². The van der Waals surface area contributed by atoms with Crippen LogP contribution in [0.1, 0.15) is 11.1 Å². The molecule has 0 atom stereocenters. The van der Waals surface area contributed by atoms with Crippen LogP contribution in [0.5, 0.6) is 5.75 Å². The van der Waals surface area contributed by atoms with Crippen molar-refractivity contribution < 1.29 is 9.13 Å². The van der Waals surface area contributed by atoms with E-state index in [9.17, 15) is 4.39 Å². The number of hydrogen-bond donors (Lipinski definition) is 0. The Hall–Kier alpha value is -2.07. The second-order valence-corrected chi connectivity index (χ2v) is 2.93. The van der Waals surface area contributed by atoms with Crippen LogP contribution < -0.4 is 4.74 Å². The molecule has 0 bridgehead atoms. The minimum absolute atomic E-state index is 0.0688. The van der Waals surface area contributed by atoms with Crippen molar-refractivity contribution in [1.82, 2.24) is 0 Å². The Kier molecular flexibility index (Phi) is 3.65. The zero-order valence-electron chi connectivity index (χ0n) is 8.25. The van der Waals surface area contributed by atoms with Crippen LogP contribution in [-0.4, -0.2) is 7.11 Å². The molecule has 0 radical (unpaired) electrons. The van der Waals surface area contributed by atoms with E-state index >= 15 is 0 Å². The Morgan fingerprint density at radius 3 is 2.00 bits per heavy atom. The van der Waals surface area contributed by atoms with Crippen LogP contribution in [0, 0.1) is 28.5 Å². The van der Waals surface area contributed by atoms with Gasteiger partial charge in [0, 0.05) is 11.1 Å². The highest BCUT2D eigenvalue weighted by Crippen LogP contribution is 2.26. The van der Waals surface area contributed by atoms with Crippen LogP contribution in [0.4, 0.5) is 4.39 Å². The molecule has 0 aliphatic rings. The highest BCUT2D eigenvalue weighted by Gasteiger charge is 2.11. The Bertz CT molecular complexity index is 406. The van der Waals surface area contributed by atoms with E-state index in [0.717, 1.165) is 0 Å². The van der Waals surface area contributed by atoms with Gasteiger partial charge in [-0.2, -0.15) is 10.5 Å². The van der Waals surface area contributed by atoms with Gasteiger partial charge in [-0.15, -0.1) is 0 Å². The summed E-state index contributed by atoms with van der Waals surface area (Å²) in [6.45, 7) is 0. The normalized spacial score (nSPS) is 9.07. The van der Waals surface area contributed by atoms with Gasteiger partial charge in [-0.05, 0) is 12.1 Å². The highest BCUT2D eigenvalue weighted by atomic mass is 19.1. The summed E-state index contributed by atoms with van der Waals surface area (Å²) in [6.07, 6.45) is 0.138. The summed E-state index contributed by atoms with van der Waals surface area (Å²) in [7, 11) is 1.44. The van der Waals surface area contributed by atoms with Gasteiger partial charge >= 0.3 is 0 Å². The Morgan fingerprint density at radius 2 is 1.67 bits per heavy atom. The summed E-state index contributed by atoms with van der Waals surface area (Å²) >= 11 is 0. The number of methoxy groups -OCH3 is 1. The van der Waals surface area contributed by atoms with Crippen molar-refractivity contribution in [2.45, 2.75) is 12.8 Å². The van der Waals surface area contributed by atoms with E-state index < -0.39 is 5.82 Å². The van der Waals surface area contributed by atoms with Crippen molar-refractivity contribution in [2.24, 2.45) is 0 Å². The van der Waals surface area contributed by atoms with Crippen LogP contribution >= 0.6 is 0 Å². The van der Waals surface area contributed by atoms with Crippen molar-refractivity contribution >= 4 is 0 Å². The Labute approximate surface area is 87.3 Å². The van der Waals surface area contributed by atoms with Crippen molar-refractivity contribution in [3.63, 3.8) is 0 Å². The van der Waals surface area contributed by atoms with Gasteiger partial charge in [-0.3, -0.25) is 0 Å². The van der Waals surface area contributed by atoms with Crippen LogP contribution in [0.2, 0.25) is 0 Å². The first kappa shape index (κ1) is 11.0. The van der Waals surface area contributed by atoms with E-state index in [1.807, 2.05) is 12.1 Å². The van der Waals surface area contributed by atoms with E-state index in [0.29, 0.717) is 16.9 Å². The first-order chi connectivity index (χ1) is 7.22. The molecule has 0 aliphatic heterocycles. The van der Waals surface area contributed by atoms with E-state index in [1.54, 1.807) is 0 Å². The van der Waals surface area contributed by atoms with E-state index in [2.05, 4.69) is 0 Å². The smallest absolute Gasteiger partial charge is 0.127 e. The SMILES string of the molecule is COc1c(CC#N)cc(F)cc1CC#N. The topological polar surface area (TPSA) is 56.8 Å². The van der Waals surface area contributed by atoms with Crippen molar-refractivity contribution in [3.8, 4) is 17.9 Å². The molecule has 0 aromatic heterocycles. The quantitative estimate of drug-likeness (QED) is 0.756. The lowest BCUT2D eigenvalue weighted by Crippen LogP contribution is -1.98. The third-order valence-electron chi connectivity index (χ3n) is 1.95. The maximum absolute atomic E-state index is 13.1. The molecule has 0 aliphatic carbocycles. The zero-order valence-corrected chi connectivity index (χ0v) is 8.25. The largest absolute Gasteiger partial charge is 0.496 e. The van der Waals surface area contributed by atoms with Gasteiger partial charge in [-0.25, -0.2) is 4.39 Å². The summed E-state index contributed by atoms with van der Waals surface area (Å²) in [5, 5.41) is 17.1. The number of halogens is 1. The molecule has 1 aromatic rings.